The van der Waals surface area contributed by atoms with Gasteiger partial charge in [-0.05, 0) is 60.8 Å². The minimum atomic E-state index is -1.81. The van der Waals surface area contributed by atoms with Crippen LogP contribution in [0, 0.1) is 13.8 Å². The van der Waals surface area contributed by atoms with E-state index in [-0.39, 0.29) is 5.04 Å². The molecular formula is C21H30O2Si. The van der Waals surface area contributed by atoms with Gasteiger partial charge in [-0.3, -0.25) is 0 Å². The Morgan fingerprint density at radius 3 is 2.08 bits per heavy atom. The van der Waals surface area contributed by atoms with Gasteiger partial charge in [0.25, 0.3) is 0 Å². The Kier molecular flexibility index (Phi) is 5.44. The van der Waals surface area contributed by atoms with Gasteiger partial charge in [-0.1, -0.05) is 51.1 Å². The lowest BCUT2D eigenvalue weighted by atomic mass is 10.1. The summed E-state index contributed by atoms with van der Waals surface area (Å²) in [5.74, 6) is 1.93. The normalized spacial score (nSPS) is 12.1. The fraction of sp³-hybridized carbons (Fsp3) is 0.429. The van der Waals surface area contributed by atoms with E-state index in [9.17, 15) is 0 Å². The van der Waals surface area contributed by atoms with Crippen molar-refractivity contribution in [2.45, 2.75) is 59.4 Å². The van der Waals surface area contributed by atoms with Crippen LogP contribution in [0.2, 0.25) is 18.1 Å². The molecule has 2 rings (SSSR count). The summed E-state index contributed by atoms with van der Waals surface area (Å²) in [6, 6.07) is 14.5. The topological polar surface area (TPSA) is 18.5 Å². The summed E-state index contributed by atoms with van der Waals surface area (Å²) in [5.41, 5.74) is 3.47. The summed E-state index contributed by atoms with van der Waals surface area (Å²) < 4.78 is 12.5. The van der Waals surface area contributed by atoms with Crippen molar-refractivity contribution < 1.29 is 9.16 Å². The van der Waals surface area contributed by atoms with E-state index >= 15 is 0 Å². The van der Waals surface area contributed by atoms with Gasteiger partial charge < -0.3 is 9.16 Å². The zero-order valence-electron chi connectivity index (χ0n) is 16.1. The van der Waals surface area contributed by atoms with Crippen LogP contribution < -0.4 is 9.16 Å². The van der Waals surface area contributed by atoms with Gasteiger partial charge in [0.15, 0.2) is 0 Å². The molecule has 0 radical (unpaired) electrons. The minimum absolute atomic E-state index is 0.192. The van der Waals surface area contributed by atoms with Crippen molar-refractivity contribution in [1.82, 2.24) is 0 Å². The van der Waals surface area contributed by atoms with Crippen LogP contribution in [0.4, 0.5) is 0 Å². The molecule has 0 aromatic heterocycles. The van der Waals surface area contributed by atoms with E-state index in [1.54, 1.807) is 0 Å². The number of benzene rings is 2. The lowest BCUT2D eigenvalue weighted by Crippen LogP contribution is -2.43. The lowest BCUT2D eigenvalue weighted by molar-refractivity contribution is 0.301. The third-order valence-electron chi connectivity index (χ3n) is 4.87. The lowest BCUT2D eigenvalue weighted by Gasteiger charge is -2.36. The Morgan fingerprint density at radius 1 is 0.917 bits per heavy atom. The quantitative estimate of drug-likeness (QED) is 0.596. The largest absolute Gasteiger partial charge is 0.543 e. The second-order valence-electron chi connectivity index (χ2n) is 8.02. The molecule has 0 saturated carbocycles. The molecule has 0 heterocycles. The molecule has 0 atom stereocenters. The van der Waals surface area contributed by atoms with Crippen LogP contribution in [0.15, 0.2) is 42.5 Å². The van der Waals surface area contributed by atoms with Crippen LogP contribution in [0.5, 0.6) is 11.5 Å². The van der Waals surface area contributed by atoms with E-state index in [0.29, 0.717) is 6.61 Å². The van der Waals surface area contributed by atoms with Gasteiger partial charge in [0.1, 0.15) is 18.1 Å². The highest BCUT2D eigenvalue weighted by atomic mass is 28.4. The molecule has 0 aliphatic carbocycles. The van der Waals surface area contributed by atoms with Crippen LogP contribution in [0.1, 0.15) is 37.5 Å². The van der Waals surface area contributed by atoms with Gasteiger partial charge in [-0.15, -0.1) is 0 Å². The zero-order valence-corrected chi connectivity index (χ0v) is 17.1. The van der Waals surface area contributed by atoms with Crippen molar-refractivity contribution in [2.75, 3.05) is 0 Å². The van der Waals surface area contributed by atoms with Gasteiger partial charge in [-0.2, -0.15) is 0 Å². The Bertz CT molecular complexity index is 679. The summed E-state index contributed by atoms with van der Waals surface area (Å²) in [5, 5.41) is 0.192. The molecule has 0 amide bonds. The molecule has 2 nitrogen and oxygen atoms in total. The fourth-order valence-electron chi connectivity index (χ4n) is 2.33. The second kappa shape index (κ2) is 7.02. The summed E-state index contributed by atoms with van der Waals surface area (Å²) in [4.78, 5) is 0. The molecule has 130 valence electrons. The third kappa shape index (κ3) is 4.41. The maximum atomic E-state index is 6.39. The van der Waals surface area contributed by atoms with Crippen LogP contribution in [-0.2, 0) is 6.61 Å². The molecule has 0 aliphatic heterocycles. The maximum Gasteiger partial charge on any atom is 0.250 e. The van der Waals surface area contributed by atoms with Crippen molar-refractivity contribution in [2.24, 2.45) is 0 Å². The van der Waals surface area contributed by atoms with Gasteiger partial charge in [0.2, 0.25) is 8.32 Å². The van der Waals surface area contributed by atoms with Gasteiger partial charge in [0, 0.05) is 0 Å². The second-order valence-corrected chi connectivity index (χ2v) is 12.7. The molecule has 0 bridgehead atoms. The number of ether oxygens (including phenoxy) is 1. The molecule has 0 saturated heterocycles. The summed E-state index contributed by atoms with van der Waals surface area (Å²) in [7, 11) is -1.81. The highest BCUT2D eigenvalue weighted by Crippen LogP contribution is 2.37. The third-order valence-corrected chi connectivity index (χ3v) is 9.23. The zero-order chi connectivity index (χ0) is 18.0. The number of rotatable bonds is 5. The Balaban J connectivity index is 2.11. The van der Waals surface area contributed by atoms with Crippen molar-refractivity contribution in [1.29, 1.82) is 0 Å². The van der Waals surface area contributed by atoms with E-state index in [4.69, 9.17) is 9.16 Å². The van der Waals surface area contributed by atoms with Crippen molar-refractivity contribution in [3.8, 4) is 11.5 Å². The molecule has 0 N–H and O–H groups in total. The van der Waals surface area contributed by atoms with Gasteiger partial charge in [0.05, 0.1) is 0 Å². The predicted octanol–water partition coefficient (Wildman–Crippen LogP) is 6.27. The highest BCUT2D eigenvalue weighted by molar-refractivity contribution is 6.74. The van der Waals surface area contributed by atoms with Crippen molar-refractivity contribution in [3.63, 3.8) is 0 Å². The molecule has 24 heavy (non-hydrogen) atoms. The molecule has 0 aliphatic rings. The van der Waals surface area contributed by atoms with Crippen molar-refractivity contribution >= 4 is 8.32 Å². The fourth-order valence-corrected chi connectivity index (χ4v) is 3.35. The van der Waals surface area contributed by atoms with E-state index in [1.165, 1.54) is 11.1 Å². The van der Waals surface area contributed by atoms with Crippen LogP contribution in [0.3, 0.4) is 0 Å². The molecule has 2 aromatic carbocycles. The summed E-state index contributed by atoms with van der Waals surface area (Å²) in [6.45, 7) is 16.0. The monoisotopic (exact) mass is 342 g/mol. The molecule has 2 aromatic rings. The van der Waals surface area contributed by atoms with Gasteiger partial charge in [-0.25, -0.2) is 0 Å². The SMILES string of the molecule is Cc1cccc(C)c1OCc1cccc(O[Si](C)(C)C(C)(C)C)c1. The average Bonchev–Trinajstić information content (AvgIpc) is 2.45. The smallest absolute Gasteiger partial charge is 0.250 e. The predicted molar refractivity (Wildman–Crippen MR) is 105 cm³/mol. The Labute approximate surface area is 148 Å². The Hall–Kier alpha value is -1.74. The van der Waals surface area contributed by atoms with E-state index in [0.717, 1.165) is 17.1 Å². The van der Waals surface area contributed by atoms with Gasteiger partial charge >= 0.3 is 0 Å². The first-order chi connectivity index (χ1) is 11.1. The van der Waals surface area contributed by atoms with Crippen molar-refractivity contribution in [3.05, 3.63) is 59.2 Å². The van der Waals surface area contributed by atoms with E-state index < -0.39 is 8.32 Å². The van der Waals surface area contributed by atoms with E-state index in [1.807, 2.05) is 12.1 Å². The molecule has 3 heteroatoms. The number of para-hydroxylation sites is 1. The summed E-state index contributed by atoms with van der Waals surface area (Å²) in [6.07, 6.45) is 0. The molecule has 0 unspecified atom stereocenters. The van der Waals surface area contributed by atoms with Crippen LogP contribution >= 0.6 is 0 Å². The molecule has 0 spiro atoms. The Morgan fingerprint density at radius 2 is 1.50 bits per heavy atom. The minimum Gasteiger partial charge on any atom is -0.543 e. The standard InChI is InChI=1S/C21H30O2Si/c1-16-10-8-11-17(2)20(16)22-15-18-12-9-13-19(14-18)23-24(6,7)21(3,4)5/h8-14H,15H2,1-7H3. The number of aryl methyl sites for hydroxylation is 2. The highest BCUT2D eigenvalue weighted by Gasteiger charge is 2.38. The average molecular weight is 343 g/mol. The van der Waals surface area contributed by atoms with Crippen LogP contribution in [-0.4, -0.2) is 8.32 Å². The number of hydrogen-bond donors (Lipinski definition) is 0. The first-order valence-electron chi connectivity index (χ1n) is 8.57. The first-order valence-corrected chi connectivity index (χ1v) is 11.5. The van der Waals surface area contributed by atoms with Crippen LogP contribution in [0.25, 0.3) is 0 Å². The number of hydrogen-bond acceptors (Lipinski definition) is 2. The molecular weight excluding hydrogens is 312 g/mol. The maximum absolute atomic E-state index is 6.39. The first kappa shape index (κ1) is 18.6. The summed E-state index contributed by atoms with van der Waals surface area (Å²) >= 11 is 0. The van der Waals surface area contributed by atoms with E-state index in [2.05, 4.69) is 78.0 Å². The molecule has 0 fully saturated rings.